The maximum absolute atomic E-state index is 12.0. The van der Waals surface area contributed by atoms with E-state index in [1.165, 1.54) is 0 Å². The van der Waals surface area contributed by atoms with E-state index in [4.69, 9.17) is 23.5 Å². The average molecular weight is 386 g/mol. The second-order valence-electron chi connectivity index (χ2n) is 6.97. The fourth-order valence-corrected chi connectivity index (χ4v) is 4.42. The minimum absolute atomic E-state index is 0.000460. The lowest BCUT2D eigenvalue weighted by molar-refractivity contribution is -0.219. The predicted molar refractivity (Wildman–Crippen MR) is 94.7 cm³/mol. The van der Waals surface area contributed by atoms with Crippen LogP contribution in [0.4, 0.5) is 0 Å². The van der Waals surface area contributed by atoms with E-state index in [1.807, 2.05) is 44.2 Å². The van der Waals surface area contributed by atoms with Gasteiger partial charge in [0.2, 0.25) is 0 Å². The molecule has 8 heteroatoms. The highest BCUT2D eigenvalue weighted by Crippen LogP contribution is 2.45. The Morgan fingerprint density at radius 3 is 2.65 bits per heavy atom. The molecule has 0 spiro atoms. The molecule has 2 heterocycles. The van der Waals surface area contributed by atoms with Crippen LogP contribution < -0.4 is 0 Å². The molecule has 0 saturated carbocycles. The Kier molecular flexibility index (Phi) is 6.19. The van der Waals surface area contributed by atoms with Crippen molar-refractivity contribution in [1.82, 2.24) is 0 Å². The lowest BCUT2D eigenvalue weighted by Crippen LogP contribution is -2.37. The highest BCUT2D eigenvalue weighted by molar-refractivity contribution is 7.52. The summed E-state index contributed by atoms with van der Waals surface area (Å²) in [6.07, 6.45) is -1.37. The van der Waals surface area contributed by atoms with Crippen molar-refractivity contribution in [1.29, 1.82) is 0 Å². The van der Waals surface area contributed by atoms with Crippen molar-refractivity contribution in [2.75, 3.05) is 12.8 Å². The van der Waals surface area contributed by atoms with E-state index in [9.17, 15) is 9.46 Å². The number of rotatable bonds is 8. The van der Waals surface area contributed by atoms with Crippen LogP contribution in [0.1, 0.15) is 32.8 Å². The van der Waals surface area contributed by atoms with Crippen molar-refractivity contribution < 1.29 is 32.9 Å². The van der Waals surface area contributed by atoms with Crippen LogP contribution in [0.25, 0.3) is 0 Å². The maximum Gasteiger partial charge on any atom is 0.328 e. The molecule has 2 fully saturated rings. The van der Waals surface area contributed by atoms with E-state index in [2.05, 4.69) is 0 Å². The molecule has 1 N–H and O–H groups in total. The fraction of sp³-hybridized carbons (Fsp3) is 0.667. The van der Waals surface area contributed by atoms with Gasteiger partial charge in [0.15, 0.2) is 12.1 Å². The molecule has 1 aromatic carbocycles. The van der Waals surface area contributed by atoms with Crippen LogP contribution in [0.15, 0.2) is 30.3 Å². The Balaban J connectivity index is 1.66. The van der Waals surface area contributed by atoms with Crippen molar-refractivity contribution in [3.8, 4) is 0 Å². The molecule has 0 radical (unpaired) electrons. The molecule has 5 unspecified atom stereocenters. The molecule has 7 nitrogen and oxygen atoms in total. The van der Waals surface area contributed by atoms with Crippen molar-refractivity contribution in [3.63, 3.8) is 0 Å². The van der Waals surface area contributed by atoms with Crippen LogP contribution in [-0.4, -0.2) is 48.1 Å². The van der Waals surface area contributed by atoms with Gasteiger partial charge in [-0.25, -0.2) is 0 Å². The molecular formula is C18H27O7P. The van der Waals surface area contributed by atoms with Crippen LogP contribution >= 0.6 is 7.60 Å². The van der Waals surface area contributed by atoms with E-state index < -0.39 is 25.8 Å². The van der Waals surface area contributed by atoms with Gasteiger partial charge in [-0.2, -0.15) is 0 Å². The summed E-state index contributed by atoms with van der Waals surface area (Å²) in [4.78, 5) is 9.83. The summed E-state index contributed by atoms with van der Waals surface area (Å²) < 4.78 is 40.7. The predicted octanol–water partition coefficient (Wildman–Crippen LogP) is 3.06. The Bertz CT molecular complexity index is 636. The van der Waals surface area contributed by atoms with E-state index in [0.29, 0.717) is 13.0 Å². The minimum atomic E-state index is -3.62. The second kappa shape index (κ2) is 8.07. The first-order chi connectivity index (χ1) is 12.3. The maximum atomic E-state index is 12.0. The van der Waals surface area contributed by atoms with E-state index in [-0.39, 0.29) is 25.0 Å². The van der Waals surface area contributed by atoms with Crippen molar-refractivity contribution in [2.45, 2.75) is 64.2 Å². The van der Waals surface area contributed by atoms with Crippen LogP contribution in [0, 0.1) is 0 Å². The smallest absolute Gasteiger partial charge is 0.328 e. The monoisotopic (exact) mass is 386 g/mol. The number of benzene rings is 1. The normalized spacial score (nSPS) is 32.3. The number of hydrogen-bond donors (Lipinski definition) is 1. The zero-order valence-corrected chi connectivity index (χ0v) is 16.3. The number of hydrogen-bond acceptors (Lipinski definition) is 6. The standard InChI is InChI=1S/C18H27O7P/c1-4-22-26(19,20)11-10-14-15(21-12-13-8-6-5-7-9-13)16-17(23-14)25-18(2,3)24-16/h5-9,14-17H,4,10-12H2,1-3H3,(H,19,20). The quantitative estimate of drug-likeness (QED) is 0.688. The van der Waals surface area contributed by atoms with Crippen molar-refractivity contribution in [2.24, 2.45) is 0 Å². The van der Waals surface area contributed by atoms with Gasteiger partial charge in [-0.05, 0) is 32.8 Å². The molecule has 0 aliphatic carbocycles. The highest BCUT2D eigenvalue weighted by atomic mass is 31.2. The Morgan fingerprint density at radius 2 is 1.96 bits per heavy atom. The summed E-state index contributed by atoms with van der Waals surface area (Å²) in [6, 6.07) is 9.81. The average Bonchev–Trinajstić information content (AvgIpc) is 3.03. The van der Waals surface area contributed by atoms with Crippen LogP contribution in [-0.2, 0) is 34.6 Å². The Labute approximate surface area is 154 Å². The van der Waals surface area contributed by atoms with Gasteiger partial charge in [0, 0.05) is 0 Å². The van der Waals surface area contributed by atoms with Gasteiger partial charge in [-0.3, -0.25) is 4.57 Å². The molecule has 2 saturated heterocycles. The number of ether oxygens (including phenoxy) is 4. The molecule has 3 rings (SSSR count). The molecule has 2 aliphatic heterocycles. The summed E-state index contributed by atoms with van der Waals surface area (Å²) >= 11 is 0. The van der Waals surface area contributed by atoms with Crippen LogP contribution in [0.5, 0.6) is 0 Å². The number of fused-ring (bicyclic) bond motifs is 1. The van der Waals surface area contributed by atoms with Crippen molar-refractivity contribution in [3.05, 3.63) is 35.9 Å². The van der Waals surface area contributed by atoms with E-state index in [0.717, 1.165) is 5.56 Å². The van der Waals surface area contributed by atoms with Crippen LogP contribution in [0.2, 0.25) is 0 Å². The summed E-state index contributed by atoms with van der Waals surface area (Å²) in [6.45, 7) is 5.94. The van der Waals surface area contributed by atoms with E-state index >= 15 is 0 Å². The second-order valence-corrected chi connectivity index (χ2v) is 8.95. The van der Waals surface area contributed by atoms with Gasteiger partial charge >= 0.3 is 7.60 Å². The van der Waals surface area contributed by atoms with Gasteiger partial charge in [-0.15, -0.1) is 0 Å². The lowest BCUT2D eigenvalue weighted by Gasteiger charge is -2.26. The molecule has 146 valence electrons. The summed E-state index contributed by atoms with van der Waals surface area (Å²) in [5, 5.41) is 0. The first-order valence-electron chi connectivity index (χ1n) is 8.93. The van der Waals surface area contributed by atoms with Crippen molar-refractivity contribution >= 4 is 7.60 Å². The third-order valence-corrected chi connectivity index (χ3v) is 5.88. The zero-order chi connectivity index (χ0) is 18.8. The zero-order valence-electron chi connectivity index (χ0n) is 15.4. The van der Waals surface area contributed by atoms with Gasteiger partial charge in [0.25, 0.3) is 0 Å². The molecule has 2 aliphatic rings. The largest absolute Gasteiger partial charge is 0.368 e. The molecule has 26 heavy (non-hydrogen) atoms. The molecular weight excluding hydrogens is 359 g/mol. The summed E-state index contributed by atoms with van der Waals surface area (Å²) in [5.41, 5.74) is 1.04. The van der Waals surface area contributed by atoms with Gasteiger partial charge < -0.3 is 28.4 Å². The minimum Gasteiger partial charge on any atom is -0.368 e. The van der Waals surface area contributed by atoms with Gasteiger partial charge in [-0.1, -0.05) is 30.3 Å². The first kappa shape index (κ1) is 20.0. The third kappa shape index (κ3) is 4.93. The molecule has 1 aromatic rings. The van der Waals surface area contributed by atoms with Gasteiger partial charge in [0.1, 0.15) is 12.2 Å². The first-order valence-corrected chi connectivity index (χ1v) is 10.7. The Hall–Kier alpha value is -0.790. The Morgan fingerprint density at radius 1 is 1.23 bits per heavy atom. The summed E-state index contributed by atoms with van der Waals surface area (Å²) in [7, 11) is -3.62. The molecule has 0 aromatic heterocycles. The van der Waals surface area contributed by atoms with Crippen LogP contribution in [0.3, 0.4) is 0 Å². The molecule has 5 atom stereocenters. The fourth-order valence-electron chi connectivity index (χ4n) is 3.30. The SMILES string of the molecule is CCOP(=O)(O)CCC1OC2OC(C)(C)OC2C1OCc1ccccc1. The highest BCUT2D eigenvalue weighted by Gasteiger charge is 2.55. The molecule has 0 amide bonds. The summed E-state index contributed by atoms with van der Waals surface area (Å²) in [5.74, 6) is -0.744. The van der Waals surface area contributed by atoms with E-state index in [1.54, 1.807) is 6.92 Å². The topological polar surface area (TPSA) is 83.5 Å². The van der Waals surface area contributed by atoms with Gasteiger partial charge in [0.05, 0.1) is 25.5 Å². The lowest BCUT2D eigenvalue weighted by atomic mass is 10.1. The molecule has 0 bridgehead atoms. The third-order valence-electron chi connectivity index (χ3n) is 4.40.